The first-order valence-corrected chi connectivity index (χ1v) is 5.31. The molecule has 3 nitrogen and oxygen atoms in total. The van der Waals surface area contributed by atoms with Gasteiger partial charge in [0.15, 0.2) is 0 Å². The van der Waals surface area contributed by atoms with Crippen LogP contribution < -0.4 is 5.32 Å². The molecular formula is C11H17N3. The first-order chi connectivity index (χ1) is 6.85. The van der Waals surface area contributed by atoms with Gasteiger partial charge < -0.3 is 5.32 Å². The highest BCUT2D eigenvalue weighted by Crippen LogP contribution is 2.47. The third-order valence-corrected chi connectivity index (χ3v) is 3.11. The molecule has 0 radical (unpaired) electrons. The fraction of sp³-hybridized carbons (Fsp3) is 0.636. The summed E-state index contributed by atoms with van der Waals surface area (Å²) in [6, 6.07) is 1.85. The molecule has 0 unspecified atom stereocenters. The van der Waals surface area contributed by atoms with E-state index in [0.717, 1.165) is 18.9 Å². The maximum atomic E-state index is 4.17. The average Bonchev–Trinajstić information content (AvgIpc) is 3.00. The van der Waals surface area contributed by atoms with Crippen LogP contribution in [0, 0.1) is 5.41 Å². The van der Waals surface area contributed by atoms with Gasteiger partial charge in [0, 0.05) is 18.9 Å². The molecule has 0 aromatic carbocycles. The molecule has 0 bridgehead atoms. The molecule has 1 fully saturated rings. The smallest absolute Gasteiger partial charge is 0.141 e. The molecule has 1 aliphatic carbocycles. The second-order valence-corrected chi connectivity index (χ2v) is 4.12. The molecule has 0 atom stereocenters. The molecule has 1 aromatic heterocycles. The van der Waals surface area contributed by atoms with E-state index in [1.807, 2.05) is 6.07 Å². The van der Waals surface area contributed by atoms with E-state index in [2.05, 4.69) is 22.2 Å². The summed E-state index contributed by atoms with van der Waals surface area (Å²) < 4.78 is 0. The zero-order chi connectivity index (χ0) is 9.86. The van der Waals surface area contributed by atoms with Gasteiger partial charge in [-0.05, 0) is 30.7 Å². The molecule has 1 saturated carbocycles. The van der Waals surface area contributed by atoms with Crippen LogP contribution in [-0.4, -0.2) is 16.5 Å². The van der Waals surface area contributed by atoms with Crippen molar-refractivity contribution in [2.75, 3.05) is 6.54 Å². The van der Waals surface area contributed by atoms with Crippen molar-refractivity contribution in [2.45, 2.75) is 32.7 Å². The maximum Gasteiger partial charge on any atom is 0.141 e. The molecule has 1 heterocycles. The summed E-state index contributed by atoms with van der Waals surface area (Å²) in [7, 11) is 0. The van der Waals surface area contributed by atoms with Crippen molar-refractivity contribution in [3.05, 3.63) is 24.3 Å². The van der Waals surface area contributed by atoms with Crippen LogP contribution in [-0.2, 0) is 6.54 Å². The lowest BCUT2D eigenvalue weighted by molar-refractivity contribution is 0.440. The van der Waals surface area contributed by atoms with Gasteiger partial charge in [-0.1, -0.05) is 6.92 Å². The number of nitrogens with one attached hydrogen (secondary N) is 1. The van der Waals surface area contributed by atoms with E-state index in [9.17, 15) is 0 Å². The Kier molecular flexibility index (Phi) is 2.77. The van der Waals surface area contributed by atoms with Gasteiger partial charge in [0.05, 0.1) is 6.54 Å². The fourth-order valence-electron chi connectivity index (χ4n) is 1.69. The zero-order valence-corrected chi connectivity index (χ0v) is 8.66. The van der Waals surface area contributed by atoms with Crippen LogP contribution in [0.1, 0.15) is 32.0 Å². The van der Waals surface area contributed by atoms with Crippen molar-refractivity contribution in [1.82, 2.24) is 15.3 Å². The minimum absolute atomic E-state index is 0.606. The molecule has 0 aliphatic heterocycles. The summed E-state index contributed by atoms with van der Waals surface area (Å²) in [4.78, 5) is 8.34. The van der Waals surface area contributed by atoms with Crippen molar-refractivity contribution < 1.29 is 0 Å². The summed E-state index contributed by atoms with van der Waals surface area (Å²) in [5.74, 6) is 0.888. The van der Waals surface area contributed by atoms with Gasteiger partial charge in [-0.25, -0.2) is 9.97 Å². The highest BCUT2D eigenvalue weighted by molar-refractivity contribution is 4.94. The molecule has 14 heavy (non-hydrogen) atoms. The Morgan fingerprint density at radius 2 is 2.07 bits per heavy atom. The molecule has 0 saturated heterocycles. The quantitative estimate of drug-likeness (QED) is 0.770. The van der Waals surface area contributed by atoms with Crippen LogP contribution in [0.5, 0.6) is 0 Å². The first-order valence-electron chi connectivity index (χ1n) is 5.31. The number of nitrogens with zero attached hydrogens (tertiary/aromatic N) is 2. The van der Waals surface area contributed by atoms with Gasteiger partial charge in [0.25, 0.3) is 0 Å². The van der Waals surface area contributed by atoms with Gasteiger partial charge in [-0.15, -0.1) is 0 Å². The monoisotopic (exact) mass is 191 g/mol. The van der Waals surface area contributed by atoms with Crippen molar-refractivity contribution >= 4 is 0 Å². The second kappa shape index (κ2) is 4.05. The Hall–Kier alpha value is -0.960. The van der Waals surface area contributed by atoms with E-state index >= 15 is 0 Å². The standard InChI is InChI=1S/C11H17N3/c1-2-11(4-5-11)9-12-8-10-13-6-3-7-14-10/h3,6-7,12H,2,4-5,8-9H2,1H3. The second-order valence-electron chi connectivity index (χ2n) is 4.12. The van der Waals surface area contributed by atoms with Crippen molar-refractivity contribution in [2.24, 2.45) is 5.41 Å². The molecule has 0 amide bonds. The molecule has 3 heteroatoms. The summed E-state index contributed by atoms with van der Waals surface area (Å²) >= 11 is 0. The molecule has 2 rings (SSSR count). The highest BCUT2D eigenvalue weighted by Gasteiger charge is 2.39. The van der Waals surface area contributed by atoms with Gasteiger partial charge in [-0.2, -0.15) is 0 Å². The van der Waals surface area contributed by atoms with E-state index in [0.29, 0.717) is 5.41 Å². The molecule has 1 aliphatic rings. The normalized spacial score (nSPS) is 18.1. The van der Waals surface area contributed by atoms with E-state index < -0.39 is 0 Å². The Balaban J connectivity index is 1.73. The predicted octanol–water partition coefficient (Wildman–Crippen LogP) is 1.76. The third kappa shape index (κ3) is 2.29. The highest BCUT2D eigenvalue weighted by atomic mass is 15.0. The molecular weight excluding hydrogens is 174 g/mol. The lowest BCUT2D eigenvalue weighted by Gasteiger charge is -2.12. The van der Waals surface area contributed by atoms with E-state index in [-0.39, 0.29) is 0 Å². The third-order valence-electron chi connectivity index (χ3n) is 3.11. The largest absolute Gasteiger partial charge is 0.309 e. The Labute approximate surface area is 85.0 Å². The number of aromatic nitrogens is 2. The van der Waals surface area contributed by atoms with E-state index in [1.165, 1.54) is 19.3 Å². The summed E-state index contributed by atoms with van der Waals surface area (Å²) in [6.07, 6.45) is 7.63. The van der Waals surface area contributed by atoms with Crippen LogP contribution in [0.3, 0.4) is 0 Å². The predicted molar refractivity (Wildman–Crippen MR) is 55.7 cm³/mol. The number of hydrogen-bond acceptors (Lipinski definition) is 3. The Morgan fingerprint density at radius 1 is 1.36 bits per heavy atom. The Morgan fingerprint density at radius 3 is 2.64 bits per heavy atom. The number of hydrogen-bond donors (Lipinski definition) is 1. The van der Waals surface area contributed by atoms with Crippen LogP contribution >= 0.6 is 0 Å². The number of rotatable bonds is 5. The van der Waals surface area contributed by atoms with Gasteiger partial charge in [0.2, 0.25) is 0 Å². The lowest BCUT2D eigenvalue weighted by atomic mass is 10.0. The fourth-order valence-corrected chi connectivity index (χ4v) is 1.69. The molecule has 76 valence electrons. The molecule has 1 aromatic rings. The average molecular weight is 191 g/mol. The van der Waals surface area contributed by atoms with Crippen LogP contribution in [0.25, 0.3) is 0 Å². The minimum Gasteiger partial charge on any atom is -0.309 e. The minimum atomic E-state index is 0.606. The van der Waals surface area contributed by atoms with Gasteiger partial charge in [0.1, 0.15) is 5.82 Å². The van der Waals surface area contributed by atoms with Crippen molar-refractivity contribution in [3.63, 3.8) is 0 Å². The van der Waals surface area contributed by atoms with Gasteiger partial charge in [-0.3, -0.25) is 0 Å². The lowest BCUT2D eigenvalue weighted by Crippen LogP contribution is -2.23. The SMILES string of the molecule is CCC1(CNCc2ncccn2)CC1. The summed E-state index contributed by atoms with van der Waals surface area (Å²) in [6.45, 7) is 4.18. The molecule has 1 N–H and O–H groups in total. The Bertz CT molecular complexity index is 280. The first kappa shape index (κ1) is 9.59. The van der Waals surface area contributed by atoms with Crippen LogP contribution in [0.4, 0.5) is 0 Å². The van der Waals surface area contributed by atoms with Crippen molar-refractivity contribution in [1.29, 1.82) is 0 Å². The van der Waals surface area contributed by atoms with Crippen LogP contribution in [0.2, 0.25) is 0 Å². The zero-order valence-electron chi connectivity index (χ0n) is 8.66. The van der Waals surface area contributed by atoms with Crippen LogP contribution in [0.15, 0.2) is 18.5 Å². The van der Waals surface area contributed by atoms with Crippen molar-refractivity contribution in [3.8, 4) is 0 Å². The maximum absolute atomic E-state index is 4.17. The van der Waals surface area contributed by atoms with E-state index in [1.54, 1.807) is 12.4 Å². The van der Waals surface area contributed by atoms with E-state index in [4.69, 9.17) is 0 Å². The van der Waals surface area contributed by atoms with Gasteiger partial charge >= 0.3 is 0 Å². The summed E-state index contributed by atoms with van der Waals surface area (Å²) in [5, 5.41) is 3.43. The summed E-state index contributed by atoms with van der Waals surface area (Å²) in [5.41, 5.74) is 0.606. The molecule has 0 spiro atoms. The topological polar surface area (TPSA) is 37.8 Å².